The molecule has 4 unspecified atom stereocenters. The second-order valence-electron chi connectivity index (χ2n) is 46.1. The Balaban J connectivity index is 1.40. The van der Waals surface area contributed by atoms with Gasteiger partial charge >= 0.3 is 25.8 Å². The highest BCUT2D eigenvalue weighted by Gasteiger charge is 2.35. The highest BCUT2D eigenvalue weighted by Crippen LogP contribution is 2.53. The lowest BCUT2D eigenvalue weighted by atomic mass is 9.74. The van der Waals surface area contributed by atoms with Gasteiger partial charge in [-0.15, -0.1) is 0 Å². The monoisotopic (exact) mass is 2020 g/mol. The first-order valence-electron chi connectivity index (χ1n) is 60.0. The normalized spacial score (nSPS) is 13.1. The molecule has 806 valence electrons. The number of unbranched alkanes of at least 4 members (excludes halogenated alkanes) is 57. The zero-order chi connectivity index (χ0) is 102. The number of aryl methyl sites for hydroxylation is 6. The van der Waals surface area contributed by atoms with Crippen LogP contribution in [-0.4, -0.2) is 19.8 Å². The van der Waals surface area contributed by atoms with E-state index < -0.39 is 25.8 Å². The van der Waals surface area contributed by atoms with Crippen LogP contribution in [0.15, 0.2) is 109 Å². The summed E-state index contributed by atoms with van der Waals surface area (Å²) in [5.41, 5.74) is 13.8. The van der Waals surface area contributed by atoms with Gasteiger partial charge in [0.2, 0.25) is 0 Å². The standard InChI is InChI=1S/C130H217O9P3/c1-20-26-32-38-44-47-50-53-56-59-62-65-68-74-80-98-131-140(134-115-92-86-112(87-93-115)83-77-71-41-35-29-23-4)137-125-102-109(8)118(105-122(125)128(11,12)13)108(7)101-121(119-106-123(129(14,15)16)126(103-110(119)9)138-141(135-116-94-88-113(89-95-116)84-78-72-42-36-30-24-5)132-99-81-75-69-66-63-60-57-54-51-48-45-39-33-27-21-2)120-107-124(130(17,18)19)127(104-111(120)10)139-142(136-117-96-90-114(91-97-117)85-79-73-43-37-31-25-6)133-100-82-76-70-67-64-61-58-55-52-49-46-40-34-28-22-3/h86-97,102-108,121H,20-85,98-101H2,1-19H3. The Bertz CT molecular complexity index is 3890. The second kappa shape index (κ2) is 77.6. The minimum Gasteiger partial charge on any atom is -0.418 e. The van der Waals surface area contributed by atoms with Crippen molar-refractivity contribution >= 4 is 25.8 Å². The van der Waals surface area contributed by atoms with Crippen molar-refractivity contribution in [3.8, 4) is 34.5 Å². The summed E-state index contributed by atoms with van der Waals surface area (Å²) in [6.07, 6.45) is 86.3. The van der Waals surface area contributed by atoms with Gasteiger partial charge in [-0.1, -0.05) is 531 Å². The van der Waals surface area contributed by atoms with Gasteiger partial charge < -0.3 is 27.1 Å². The van der Waals surface area contributed by atoms with Crippen LogP contribution in [0.3, 0.4) is 0 Å². The van der Waals surface area contributed by atoms with Crippen LogP contribution in [0.2, 0.25) is 0 Å². The zero-order valence-electron chi connectivity index (χ0n) is 95.6. The number of rotatable bonds is 89. The highest BCUT2D eigenvalue weighted by molar-refractivity contribution is 7.43. The van der Waals surface area contributed by atoms with Gasteiger partial charge in [0.1, 0.15) is 34.5 Å². The molecule has 6 rings (SSSR count). The molecule has 6 aromatic carbocycles. The molecule has 0 heterocycles. The molecule has 0 fully saturated rings. The van der Waals surface area contributed by atoms with Crippen LogP contribution >= 0.6 is 25.8 Å². The van der Waals surface area contributed by atoms with Crippen LogP contribution in [0, 0.1) is 20.8 Å². The lowest BCUT2D eigenvalue weighted by Crippen LogP contribution is -2.19. The molecule has 142 heavy (non-hydrogen) atoms. The van der Waals surface area contributed by atoms with Gasteiger partial charge in [0, 0.05) is 22.6 Å². The second-order valence-corrected chi connectivity index (χ2v) is 49.3. The predicted molar refractivity (Wildman–Crippen MR) is 622 cm³/mol. The van der Waals surface area contributed by atoms with E-state index in [1.165, 1.54) is 405 Å². The van der Waals surface area contributed by atoms with E-state index >= 15 is 0 Å². The van der Waals surface area contributed by atoms with E-state index in [1.807, 2.05) is 0 Å². The van der Waals surface area contributed by atoms with Crippen molar-refractivity contribution in [3.05, 3.63) is 176 Å². The fraction of sp³-hybridized carbons (Fsp3) is 0.723. The van der Waals surface area contributed by atoms with E-state index in [0.717, 1.165) is 127 Å². The van der Waals surface area contributed by atoms with E-state index in [0.29, 0.717) is 19.8 Å². The summed E-state index contributed by atoms with van der Waals surface area (Å²) < 4.78 is 63.9. The van der Waals surface area contributed by atoms with Crippen LogP contribution in [0.4, 0.5) is 0 Å². The molecule has 9 nitrogen and oxygen atoms in total. The topological polar surface area (TPSA) is 83.1 Å². The largest absolute Gasteiger partial charge is 0.463 e. The smallest absolute Gasteiger partial charge is 0.418 e. The summed E-state index contributed by atoms with van der Waals surface area (Å²) in [5.74, 6) is 4.80. The van der Waals surface area contributed by atoms with Crippen molar-refractivity contribution in [2.24, 2.45) is 0 Å². The van der Waals surface area contributed by atoms with E-state index in [2.05, 4.69) is 241 Å². The Morgan fingerprint density at radius 3 is 0.606 bits per heavy atom. The zero-order valence-corrected chi connectivity index (χ0v) is 98.2. The Kier molecular flexibility index (Phi) is 68.8. The minimum atomic E-state index is -1.86. The fourth-order valence-electron chi connectivity index (χ4n) is 20.3. The third-order valence-corrected chi connectivity index (χ3v) is 32.8. The summed E-state index contributed by atoms with van der Waals surface area (Å²) in [6, 6.07) is 40.8. The Hall–Kier alpha value is -4.71. The first-order valence-corrected chi connectivity index (χ1v) is 63.3. The molecule has 0 amide bonds. The SMILES string of the molecule is CCCCCCCCCCCCCCCCCOP(Oc1ccc(CCCCCCCC)cc1)Oc1cc(C)c(C(C)CC(c2cc(C(C)(C)C)c(OP(OCCCCCCCCCCCCCCCCC)Oc3ccc(CCCCCCCC)cc3)cc2C)c2cc(C(C)(C)C)c(OP(OCCCCCCCCCCCCCCCCC)Oc3ccc(CCCCCCCC)cc3)cc2C)cc1C(C)(C)C. The number of benzene rings is 6. The van der Waals surface area contributed by atoms with Gasteiger partial charge in [-0.05, 0) is 212 Å². The minimum absolute atomic E-state index is 0.0778. The van der Waals surface area contributed by atoms with E-state index in [1.54, 1.807) is 0 Å². The summed E-state index contributed by atoms with van der Waals surface area (Å²) in [5, 5.41) is 0. The molecule has 0 N–H and O–H groups in total. The van der Waals surface area contributed by atoms with Crippen LogP contribution in [0.25, 0.3) is 0 Å². The number of hydrogen-bond acceptors (Lipinski definition) is 9. The van der Waals surface area contributed by atoms with Crippen LogP contribution in [-0.2, 0) is 49.1 Å². The lowest BCUT2D eigenvalue weighted by Gasteiger charge is -2.33. The summed E-state index contributed by atoms with van der Waals surface area (Å²) in [4.78, 5) is 0. The molecule has 0 aromatic heterocycles. The van der Waals surface area contributed by atoms with Crippen molar-refractivity contribution in [1.29, 1.82) is 0 Å². The maximum absolute atomic E-state index is 7.40. The van der Waals surface area contributed by atoms with E-state index in [-0.39, 0.29) is 28.1 Å². The van der Waals surface area contributed by atoms with Crippen molar-refractivity contribution < 1.29 is 40.7 Å². The van der Waals surface area contributed by atoms with Gasteiger partial charge in [0.15, 0.2) is 0 Å². The molecular formula is C130H217O9P3. The van der Waals surface area contributed by atoms with E-state index in [4.69, 9.17) is 40.7 Å². The molecule has 0 aliphatic carbocycles. The van der Waals surface area contributed by atoms with Crippen LogP contribution in [0.1, 0.15) is 600 Å². The molecule has 0 aliphatic heterocycles. The third-order valence-electron chi connectivity index (χ3n) is 29.5. The van der Waals surface area contributed by atoms with Gasteiger partial charge in [-0.3, -0.25) is 13.6 Å². The van der Waals surface area contributed by atoms with Gasteiger partial charge in [0.05, 0.1) is 19.8 Å². The molecular weight excluding hydrogens is 1800 g/mol. The quantitative estimate of drug-likeness (QED) is 0.0274. The van der Waals surface area contributed by atoms with Crippen LogP contribution < -0.4 is 27.1 Å². The summed E-state index contributed by atoms with van der Waals surface area (Å²) >= 11 is 0. The lowest BCUT2D eigenvalue weighted by molar-refractivity contribution is 0.256. The average molecular weight is 2020 g/mol. The maximum atomic E-state index is 7.40. The summed E-state index contributed by atoms with van der Waals surface area (Å²) in [7, 11) is -5.54. The van der Waals surface area contributed by atoms with Gasteiger partial charge in [-0.2, -0.15) is 0 Å². The number of hydrogen-bond donors (Lipinski definition) is 0. The van der Waals surface area contributed by atoms with Crippen LogP contribution in [0.5, 0.6) is 34.5 Å². The molecule has 0 aliphatic rings. The molecule has 6 aromatic rings. The van der Waals surface area contributed by atoms with Gasteiger partial charge in [-0.25, -0.2) is 0 Å². The first kappa shape index (κ1) is 126. The van der Waals surface area contributed by atoms with Crippen molar-refractivity contribution in [1.82, 2.24) is 0 Å². The molecule has 0 bridgehead atoms. The molecule has 0 saturated heterocycles. The first-order chi connectivity index (χ1) is 68.9. The molecule has 0 saturated carbocycles. The van der Waals surface area contributed by atoms with Gasteiger partial charge in [0.25, 0.3) is 0 Å². The Labute approximate surface area is 880 Å². The molecule has 0 radical (unpaired) electrons. The summed E-state index contributed by atoms with van der Waals surface area (Å²) in [6.45, 7) is 46.0. The third kappa shape index (κ3) is 55.7. The predicted octanol–water partition coefficient (Wildman–Crippen LogP) is 45.3. The van der Waals surface area contributed by atoms with E-state index in [9.17, 15) is 0 Å². The molecule has 12 heteroatoms. The molecule has 4 atom stereocenters. The fourth-order valence-corrected chi connectivity index (χ4v) is 23.4. The molecule has 0 spiro atoms. The Morgan fingerprint density at radius 1 is 0.218 bits per heavy atom. The Morgan fingerprint density at radius 2 is 0.401 bits per heavy atom. The van der Waals surface area contributed by atoms with Crippen molar-refractivity contribution in [2.45, 2.75) is 590 Å². The highest BCUT2D eigenvalue weighted by atomic mass is 31.2. The van der Waals surface area contributed by atoms with Crippen molar-refractivity contribution in [2.75, 3.05) is 19.8 Å². The maximum Gasteiger partial charge on any atom is 0.463 e. The average Bonchev–Trinajstić information content (AvgIpc) is 0.759. The van der Waals surface area contributed by atoms with Crippen molar-refractivity contribution in [3.63, 3.8) is 0 Å².